The zero-order valence-electron chi connectivity index (χ0n) is 25.1. The summed E-state index contributed by atoms with van der Waals surface area (Å²) in [5, 5.41) is 17.0. The second kappa shape index (κ2) is 15.4. The van der Waals surface area contributed by atoms with Crippen LogP contribution in [0.2, 0.25) is 0 Å². The van der Waals surface area contributed by atoms with Crippen LogP contribution < -0.4 is 15.4 Å². The van der Waals surface area contributed by atoms with Gasteiger partial charge in [0, 0.05) is 49.6 Å². The summed E-state index contributed by atoms with van der Waals surface area (Å²) in [7, 11) is -2.31. The fourth-order valence-corrected chi connectivity index (χ4v) is 7.64. The molecule has 0 spiro atoms. The van der Waals surface area contributed by atoms with Gasteiger partial charge in [0.25, 0.3) is 0 Å². The highest BCUT2D eigenvalue weighted by molar-refractivity contribution is 7.89. The molecule has 10 nitrogen and oxygen atoms in total. The molecule has 0 radical (unpaired) electrons. The monoisotopic (exact) mass is 612 g/mol. The molecule has 4 N–H and O–H groups in total. The van der Waals surface area contributed by atoms with E-state index in [9.17, 15) is 23.1 Å². The minimum Gasteiger partial charge on any atom is -0.497 e. The molecule has 2 atom stereocenters. The minimum atomic E-state index is -3.84. The number of H-pyrrole nitrogens is 1. The summed E-state index contributed by atoms with van der Waals surface area (Å²) >= 11 is 0. The number of fused-ring (bicyclic) bond motifs is 1. The number of aliphatic hydroxyl groups excluding tert-OH is 1. The molecular formula is C32H44N4O6S. The van der Waals surface area contributed by atoms with Gasteiger partial charge in [0.1, 0.15) is 11.8 Å². The zero-order chi connectivity index (χ0) is 30.8. The highest BCUT2D eigenvalue weighted by Crippen LogP contribution is 2.30. The van der Waals surface area contributed by atoms with Crippen molar-refractivity contribution in [3.63, 3.8) is 0 Å². The van der Waals surface area contributed by atoms with Crippen LogP contribution in [0.4, 0.5) is 0 Å². The van der Waals surface area contributed by atoms with Crippen LogP contribution in [0.3, 0.4) is 0 Å². The van der Waals surface area contributed by atoms with Gasteiger partial charge in [-0.05, 0) is 67.5 Å². The Labute approximate surface area is 254 Å². The standard InChI is InChI=1S/C32H44N4O6S/c1-23(38)35-31(19-25-20-34-30-13-6-5-12-29(25)30)32(39)33-18-8-7-11-26(22-37)36(21-24-9-3-4-10-24)43(40,41)28-16-14-27(42-2)15-17-28/h5-6,12-17,20,24,26,31,34,37H,3-4,7-11,18-19,21-22H2,1-2H3,(H,33,39)(H,35,38)/t26-,31-/m0/s1. The Balaban J connectivity index is 1.35. The molecule has 4 rings (SSSR count). The number of sulfonamides is 1. The van der Waals surface area contributed by atoms with Crippen molar-refractivity contribution in [3.8, 4) is 5.75 Å². The number of methoxy groups -OCH3 is 1. The number of ether oxygens (including phenoxy) is 1. The molecule has 0 aliphatic heterocycles. The molecule has 1 aliphatic carbocycles. The van der Waals surface area contributed by atoms with Gasteiger partial charge in [-0.25, -0.2) is 8.42 Å². The molecule has 2 aromatic carbocycles. The van der Waals surface area contributed by atoms with Crippen molar-refractivity contribution in [2.45, 2.75) is 75.3 Å². The molecule has 43 heavy (non-hydrogen) atoms. The van der Waals surface area contributed by atoms with Gasteiger partial charge in [0.2, 0.25) is 21.8 Å². The molecule has 11 heteroatoms. The average molecular weight is 613 g/mol. The lowest BCUT2D eigenvalue weighted by Gasteiger charge is -2.32. The second-order valence-electron chi connectivity index (χ2n) is 11.3. The Morgan fingerprint density at radius 1 is 1.09 bits per heavy atom. The number of unbranched alkanes of at least 4 members (excludes halogenated alkanes) is 1. The number of carbonyl (C=O) groups excluding carboxylic acids is 2. The number of aliphatic hydroxyl groups is 1. The SMILES string of the molecule is COc1ccc(S(=O)(=O)N(CC2CCCC2)[C@H](CO)CCCCNC(=O)[C@H](Cc2c[nH]c3ccccc23)NC(C)=O)cc1. The maximum atomic E-state index is 13.8. The summed E-state index contributed by atoms with van der Waals surface area (Å²) in [6.07, 6.45) is 8.01. The molecule has 0 unspecified atom stereocenters. The van der Waals surface area contributed by atoms with Crippen LogP contribution in [-0.4, -0.2) is 73.5 Å². The molecule has 3 aromatic rings. The highest BCUT2D eigenvalue weighted by atomic mass is 32.2. The molecular weight excluding hydrogens is 568 g/mol. The van der Waals surface area contributed by atoms with Gasteiger partial charge in [-0.1, -0.05) is 37.5 Å². The topological polar surface area (TPSA) is 141 Å². The fraction of sp³-hybridized carbons (Fsp3) is 0.500. The summed E-state index contributed by atoms with van der Waals surface area (Å²) < 4.78 is 34.2. The average Bonchev–Trinajstić information content (AvgIpc) is 3.67. The molecule has 1 aromatic heterocycles. The van der Waals surface area contributed by atoms with E-state index in [1.54, 1.807) is 24.3 Å². The number of nitrogens with zero attached hydrogens (tertiary/aromatic N) is 1. The Morgan fingerprint density at radius 3 is 2.49 bits per heavy atom. The number of nitrogens with one attached hydrogen (secondary N) is 3. The first-order valence-electron chi connectivity index (χ1n) is 15.1. The minimum absolute atomic E-state index is 0.177. The number of hydrogen-bond acceptors (Lipinski definition) is 6. The van der Waals surface area contributed by atoms with E-state index in [0.717, 1.165) is 42.1 Å². The van der Waals surface area contributed by atoms with Crippen LogP contribution >= 0.6 is 0 Å². The highest BCUT2D eigenvalue weighted by Gasteiger charge is 2.34. The van der Waals surface area contributed by atoms with Gasteiger partial charge in [-0.3, -0.25) is 9.59 Å². The van der Waals surface area contributed by atoms with Crippen LogP contribution in [0.15, 0.2) is 59.6 Å². The summed E-state index contributed by atoms with van der Waals surface area (Å²) in [6.45, 7) is 1.85. The van der Waals surface area contributed by atoms with Crippen LogP contribution in [0, 0.1) is 5.92 Å². The predicted octanol–water partition coefficient (Wildman–Crippen LogP) is 3.75. The van der Waals surface area contributed by atoms with Crippen molar-refractivity contribution in [2.75, 3.05) is 26.8 Å². The molecule has 234 valence electrons. The fourth-order valence-electron chi connectivity index (χ4n) is 5.92. The smallest absolute Gasteiger partial charge is 0.243 e. The van der Waals surface area contributed by atoms with Crippen LogP contribution in [0.1, 0.15) is 57.4 Å². The van der Waals surface area contributed by atoms with Crippen molar-refractivity contribution >= 4 is 32.7 Å². The summed E-state index contributed by atoms with van der Waals surface area (Å²) in [4.78, 5) is 28.3. The third-order valence-electron chi connectivity index (χ3n) is 8.25. The first-order chi connectivity index (χ1) is 20.7. The number of para-hydroxylation sites is 1. The number of rotatable bonds is 16. The number of aromatic amines is 1. The van der Waals surface area contributed by atoms with Gasteiger partial charge in [0.15, 0.2) is 0 Å². The summed E-state index contributed by atoms with van der Waals surface area (Å²) in [6, 6.07) is 12.9. The lowest BCUT2D eigenvalue weighted by Crippen LogP contribution is -2.47. The van der Waals surface area contributed by atoms with E-state index < -0.39 is 22.1 Å². The van der Waals surface area contributed by atoms with Gasteiger partial charge < -0.3 is 25.5 Å². The third kappa shape index (κ3) is 8.58. The summed E-state index contributed by atoms with van der Waals surface area (Å²) in [5.41, 5.74) is 1.91. The number of hydrogen-bond donors (Lipinski definition) is 4. The maximum Gasteiger partial charge on any atom is 0.243 e. The molecule has 1 heterocycles. The van der Waals surface area contributed by atoms with Gasteiger partial charge in [-0.15, -0.1) is 0 Å². The zero-order valence-corrected chi connectivity index (χ0v) is 25.9. The first-order valence-corrected chi connectivity index (χ1v) is 16.5. The van der Waals surface area contributed by atoms with E-state index in [0.29, 0.717) is 44.5 Å². The van der Waals surface area contributed by atoms with E-state index in [1.165, 1.54) is 18.3 Å². The quantitative estimate of drug-likeness (QED) is 0.182. The van der Waals surface area contributed by atoms with Crippen LogP contribution in [0.5, 0.6) is 5.75 Å². The van der Waals surface area contributed by atoms with Crippen LogP contribution in [0.25, 0.3) is 10.9 Å². The van der Waals surface area contributed by atoms with E-state index in [1.807, 2.05) is 30.5 Å². The lowest BCUT2D eigenvalue weighted by atomic mass is 10.0. The first kappa shape index (κ1) is 32.5. The van der Waals surface area contributed by atoms with E-state index in [-0.39, 0.29) is 29.2 Å². The third-order valence-corrected chi connectivity index (χ3v) is 10.2. The largest absolute Gasteiger partial charge is 0.497 e. The van der Waals surface area contributed by atoms with Gasteiger partial charge in [0.05, 0.1) is 18.6 Å². The molecule has 1 aliphatic rings. The van der Waals surface area contributed by atoms with Crippen LogP contribution in [-0.2, 0) is 26.0 Å². The van der Waals surface area contributed by atoms with Crippen molar-refractivity contribution in [1.29, 1.82) is 0 Å². The Hall–Kier alpha value is -3.41. The van der Waals surface area contributed by atoms with Crippen molar-refractivity contribution < 1.29 is 27.9 Å². The molecule has 0 saturated heterocycles. The van der Waals surface area contributed by atoms with Crippen molar-refractivity contribution in [3.05, 3.63) is 60.3 Å². The normalized spacial score (nSPS) is 15.4. The van der Waals surface area contributed by atoms with E-state index in [4.69, 9.17) is 4.74 Å². The maximum absolute atomic E-state index is 13.8. The van der Waals surface area contributed by atoms with Crippen molar-refractivity contribution in [1.82, 2.24) is 19.9 Å². The molecule has 1 fully saturated rings. The molecule has 2 amide bonds. The number of amides is 2. The van der Waals surface area contributed by atoms with Gasteiger partial charge in [-0.2, -0.15) is 4.31 Å². The number of carbonyl (C=O) groups is 2. The lowest BCUT2D eigenvalue weighted by molar-refractivity contribution is -0.128. The predicted molar refractivity (Wildman–Crippen MR) is 166 cm³/mol. The Kier molecular flexibility index (Phi) is 11.6. The Bertz CT molecular complexity index is 1450. The Morgan fingerprint density at radius 2 is 1.81 bits per heavy atom. The van der Waals surface area contributed by atoms with E-state index in [2.05, 4.69) is 15.6 Å². The number of aromatic nitrogens is 1. The van der Waals surface area contributed by atoms with Gasteiger partial charge >= 0.3 is 0 Å². The second-order valence-corrected chi connectivity index (χ2v) is 13.2. The van der Waals surface area contributed by atoms with E-state index >= 15 is 0 Å². The van der Waals surface area contributed by atoms with Crippen molar-refractivity contribution in [2.24, 2.45) is 5.92 Å². The molecule has 1 saturated carbocycles. The summed E-state index contributed by atoms with van der Waals surface area (Å²) in [5.74, 6) is 0.281. The molecule has 0 bridgehead atoms. The number of benzene rings is 2.